The van der Waals surface area contributed by atoms with E-state index in [0.29, 0.717) is 18.4 Å². The van der Waals surface area contributed by atoms with Crippen molar-refractivity contribution in [2.24, 2.45) is 0 Å². The Hall–Kier alpha value is -2.45. The lowest BCUT2D eigenvalue weighted by Gasteiger charge is -2.09. The molecule has 154 valence electrons. The van der Waals surface area contributed by atoms with Crippen LogP contribution in [0.1, 0.15) is 42.6 Å². The fourth-order valence-corrected chi connectivity index (χ4v) is 7.38. The van der Waals surface area contributed by atoms with Gasteiger partial charge in [-0.15, -0.1) is 0 Å². The SMILES string of the molecule is CCCS(=O)(=O)c1c(C(=O)c2ccccc2)c2ccccn2c1S(=O)(=O)CCC. The molecule has 2 aromatic heterocycles. The molecule has 0 unspecified atom stereocenters. The summed E-state index contributed by atoms with van der Waals surface area (Å²) in [6.07, 6.45) is 2.13. The molecule has 0 atom stereocenters. The third-order valence-electron chi connectivity index (χ3n) is 4.57. The van der Waals surface area contributed by atoms with E-state index in [1.165, 1.54) is 10.6 Å². The van der Waals surface area contributed by atoms with Gasteiger partial charge in [-0.3, -0.25) is 4.79 Å². The number of ketones is 1. The van der Waals surface area contributed by atoms with Crippen LogP contribution in [-0.2, 0) is 19.7 Å². The van der Waals surface area contributed by atoms with Crippen LogP contribution in [0.25, 0.3) is 5.52 Å². The minimum absolute atomic E-state index is 0.0834. The molecule has 0 bridgehead atoms. The predicted octanol–water partition coefficient (Wildman–Crippen LogP) is 3.54. The Morgan fingerprint density at radius 2 is 1.41 bits per heavy atom. The van der Waals surface area contributed by atoms with Crippen molar-refractivity contribution in [2.45, 2.75) is 36.6 Å². The molecule has 0 saturated carbocycles. The number of benzene rings is 1. The van der Waals surface area contributed by atoms with Crippen LogP contribution in [0, 0.1) is 0 Å². The van der Waals surface area contributed by atoms with E-state index in [2.05, 4.69) is 0 Å². The van der Waals surface area contributed by atoms with Crippen LogP contribution >= 0.6 is 0 Å². The second-order valence-corrected chi connectivity index (χ2v) is 10.9. The van der Waals surface area contributed by atoms with E-state index in [4.69, 9.17) is 0 Å². The van der Waals surface area contributed by atoms with E-state index in [0.717, 1.165) is 0 Å². The Kier molecular flexibility index (Phi) is 5.95. The summed E-state index contributed by atoms with van der Waals surface area (Å²) in [5, 5.41) is -0.317. The van der Waals surface area contributed by atoms with Gasteiger partial charge in [0, 0.05) is 11.8 Å². The Labute approximate surface area is 171 Å². The fraction of sp³-hybridized carbons (Fsp3) is 0.286. The van der Waals surface area contributed by atoms with Gasteiger partial charge in [-0.1, -0.05) is 50.2 Å². The number of aromatic nitrogens is 1. The largest absolute Gasteiger partial charge is 0.306 e. The molecule has 0 N–H and O–H groups in total. The second-order valence-electron chi connectivity index (χ2n) is 6.80. The first-order valence-electron chi connectivity index (χ1n) is 9.43. The fourth-order valence-electron chi connectivity index (χ4n) is 3.43. The summed E-state index contributed by atoms with van der Waals surface area (Å²) < 4.78 is 53.9. The van der Waals surface area contributed by atoms with Crippen molar-refractivity contribution in [3.05, 3.63) is 65.9 Å². The van der Waals surface area contributed by atoms with Crippen LogP contribution < -0.4 is 0 Å². The molecule has 29 heavy (non-hydrogen) atoms. The molecule has 6 nitrogen and oxygen atoms in total. The molecule has 3 aromatic rings. The standard InChI is InChI=1S/C21H23NO5S2/c1-3-14-28(24,25)20-18(19(23)16-10-6-5-7-11-16)17-12-8-9-13-22(17)21(20)29(26,27)15-4-2/h5-13H,3-4,14-15H2,1-2H3. The molecule has 0 fully saturated rings. The van der Waals surface area contributed by atoms with E-state index in [1.54, 1.807) is 62.4 Å². The maximum absolute atomic E-state index is 13.4. The monoisotopic (exact) mass is 433 g/mol. The van der Waals surface area contributed by atoms with Crippen molar-refractivity contribution in [1.82, 2.24) is 4.40 Å². The smallest absolute Gasteiger partial charge is 0.196 e. The lowest BCUT2D eigenvalue weighted by molar-refractivity contribution is 0.103. The number of hydrogen-bond donors (Lipinski definition) is 0. The summed E-state index contributed by atoms with van der Waals surface area (Å²) in [5.74, 6) is -0.961. The number of nitrogens with zero attached hydrogens (tertiary/aromatic N) is 1. The van der Waals surface area contributed by atoms with Gasteiger partial charge in [0.05, 0.1) is 22.6 Å². The van der Waals surface area contributed by atoms with Crippen LogP contribution in [0.4, 0.5) is 0 Å². The third-order valence-corrected chi connectivity index (χ3v) is 8.60. The van der Waals surface area contributed by atoms with Crippen LogP contribution in [-0.4, -0.2) is 38.5 Å². The minimum atomic E-state index is -4.01. The molecule has 0 aliphatic carbocycles. The molecule has 0 aliphatic heterocycles. The van der Waals surface area contributed by atoms with Crippen molar-refractivity contribution >= 4 is 31.0 Å². The predicted molar refractivity (Wildman–Crippen MR) is 112 cm³/mol. The van der Waals surface area contributed by atoms with Crippen molar-refractivity contribution < 1.29 is 21.6 Å². The Bertz CT molecular complexity index is 1260. The molecule has 0 amide bonds. The number of fused-ring (bicyclic) bond motifs is 1. The van der Waals surface area contributed by atoms with E-state index in [-0.39, 0.29) is 32.5 Å². The number of hydrogen-bond acceptors (Lipinski definition) is 5. The zero-order chi connectivity index (χ0) is 21.2. The third kappa shape index (κ3) is 3.86. The normalized spacial score (nSPS) is 12.3. The summed E-state index contributed by atoms with van der Waals surface area (Å²) in [7, 11) is -7.94. The molecule has 0 radical (unpaired) electrons. The quantitative estimate of drug-likeness (QED) is 0.507. The highest BCUT2D eigenvalue weighted by Gasteiger charge is 2.36. The number of rotatable bonds is 8. The summed E-state index contributed by atoms with van der Waals surface area (Å²) in [6.45, 7) is 3.41. The highest BCUT2D eigenvalue weighted by Crippen LogP contribution is 2.35. The molecular formula is C21H23NO5S2. The van der Waals surface area contributed by atoms with Gasteiger partial charge in [-0.05, 0) is 25.0 Å². The van der Waals surface area contributed by atoms with E-state index < -0.39 is 25.5 Å². The van der Waals surface area contributed by atoms with Crippen molar-refractivity contribution in [1.29, 1.82) is 0 Å². The summed E-state index contributed by atoms with van der Waals surface area (Å²) in [6, 6.07) is 13.1. The first-order valence-corrected chi connectivity index (χ1v) is 12.7. The Morgan fingerprint density at radius 3 is 2.03 bits per heavy atom. The average molecular weight is 434 g/mol. The molecular weight excluding hydrogens is 410 g/mol. The van der Waals surface area contributed by atoms with Gasteiger partial charge in [-0.2, -0.15) is 0 Å². The molecule has 1 aromatic carbocycles. The van der Waals surface area contributed by atoms with E-state index in [9.17, 15) is 21.6 Å². The Morgan fingerprint density at radius 1 is 0.828 bits per heavy atom. The molecule has 0 spiro atoms. The number of sulfone groups is 2. The van der Waals surface area contributed by atoms with Gasteiger partial charge >= 0.3 is 0 Å². The summed E-state index contributed by atoms with van der Waals surface area (Å²) >= 11 is 0. The van der Waals surface area contributed by atoms with Gasteiger partial charge in [-0.25, -0.2) is 16.8 Å². The summed E-state index contributed by atoms with van der Waals surface area (Å²) in [5.41, 5.74) is 0.488. The van der Waals surface area contributed by atoms with Gasteiger partial charge < -0.3 is 4.40 Å². The van der Waals surface area contributed by atoms with E-state index in [1.807, 2.05) is 0 Å². The molecule has 2 heterocycles. The van der Waals surface area contributed by atoms with Crippen molar-refractivity contribution in [3.63, 3.8) is 0 Å². The highest BCUT2D eigenvalue weighted by molar-refractivity contribution is 7.94. The first kappa shape index (κ1) is 21.3. The van der Waals surface area contributed by atoms with Crippen LogP contribution in [0.2, 0.25) is 0 Å². The van der Waals surface area contributed by atoms with Gasteiger partial charge in [0.2, 0.25) is 0 Å². The molecule has 8 heteroatoms. The number of carbonyl (C=O) groups is 1. The first-order chi connectivity index (χ1) is 13.7. The topological polar surface area (TPSA) is 89.8 Å². The lowest BCUT2D eigenvalue weighted by atomic mass is 10.0. The maximum atomic E-state index is 13.4. The minimum Gasteiger partial charge on any atom is -0.306 e. The second kappa shape index (κ2) is 8.12. The molecule has 3 rings (SSSR count). The lowest BCUT2D eigenvalue weighted by Crippen LogP contribution is -2.17. The number of carbonyl (C=O) groups excluding carboxylic acids is 1. The van der Waals surface area contributed by atoms with Crippen LogP contribution in [0.5, 0.6) is 0 Å². The van der Waals surface area contributed by atoms with Crippen LogP contribution in [0.3, 0.4) is 0 Å². The maximum Gasteiger partial charge on any atom is 0.196 e. The molecule has 0 aliphatic rings. The Balaban J connectivity index is 2.50. The van der Waals surface area contributed by atoms with Crippen molar-refractivity contribution in [2.75, 3.05) is 11.5 Å². The zero-order valence-electron chi connectivity index (χ0n) is 16.3. The van der Waals surface area contributed by atoms with Gasteiger partial charge in [0.15, 0.2) is 30.5 Å². The van der Waals surface area contributed by atoms with Crippen LogP contribution in [0.15, 0.2) is 64.6 Å². The summed E-state index contributed by atoms with van der Waals surface area (Å²) in [4.78, 5) is 13.0. The molecule has 0 saturated heterocycles. The number of pyridine rings is 1. The van der Waals surface area contributed by atoms with Gasteiger partial charge in [0.25, 0.3) is 0 Å². The zero-order valence-corrected chi connectivity index (χ0v) is 18.0. The van der Waals surface area contributed by atoms with Gasteiger partial charge in [0.1, 0.15) is 4.90 Å². The van der Waals surface area contributed by atoms with E-state index >= 15 is 0 Å². The highest BCUT2D eigenvalue weighted by atomic mass is 32.2. The van der Waals surface area contributed by atoms with Crippen molar-refractivity contribution in [3.8, 4) is 0 Å². The average Bonchev–Trinajstić information content (AvgIpc) is 3.05.